The van der Waals surface area contributed by atoms with E-state index in [0.29, 0.717) is 0 Å². The van der Waals surface area contributed by atoms with Crippen LogP contribution < -0.4 is 11.1 Å². The van der Waals surface area contributed by atoms with E-state index < -0.39 is 0 Å². The van der Waals surface area contributed by atoms with Gasteiger partial charge in [0.25, 0.3) is 0 Å². The number of hydrogen-bond acceptors (Lipinski definition) is 4. The molecule has 0 radical (unpaired) electrons. The largest absolute Gasteiger partial charge is 0.398 e. The number of anilines is 1. The Morgan fingerprint density at radius 1 is 1.37 bits per heavy atom. The Morgan fingerprint density at radius 3 is 2.42 bits per heavy atom. The molecule has 1 aromatic rings. The number of nitrogens with zero attached hydrogens (tertiary/aromatic N) is 2. The predicted octanol–water partition coefficient (Wildman–Crippen LogP) is 2.43. The van der Waals surface area contributed by atoms with Gasteiger partial charge in [-0.25, -0.2) is 0 Å². The number of hydrogen-bond donors (Lipinski definition) is 2. The first-order valence-corrected chi connectivity index (χ1v) is 7.16. The topological polar surface area (TPSA) is 54.2 Å². The minimum absolute atomic E-state index is 0.0232. The zero-order valence-corrected chi connectivity index (χ0v) is 12.9. The summed E-state index contributed by atoms with van der Waals surface area (Å²) in [5.41, 5.74) is 8.05. The van der Waals surface area contributed by atoms with Crippen LogP contribution in [0.4, 0.5) is 5.69 Å². The maximum atomic E-state index is 6.13. The first-order valence-electron chi connectivity index (χ1n) is 7.16. The molecule has 0 aromatic carbocycles. The molecule has 108 valence electrons. The van der Waals surface area contributed by atoms with E-state index in [1.54, 1.807) is 6.20 Å². The third-order valence-corrected chi connectivity index (χ3v) is 4.31. The van der Waals surface area contributed by atoms with E-state index in [4.69, 9.17) is 5.73 Å². The summed E-state index contributed by atoms with van der Waals surface area (Å²) in [6.07, 6.45) is 4.68. The summed E-state index contributed by atoms with van der Waals surface area (Å²) in [4.78, 5) is 6.72. The first-order chi connectivity index (χ1) is 9.04. The molecule has 0 saturated heterocycles. The molecule has 1 heterocycles. The van der Waals surface area contributed by atoms with Crippen LogP contribution in [0.3, 0.4) is 0 Å². The second-order valence-electron chi connectivity index (χ2n) is 5.11. The van der Waals surface area contributed by atoms with Crippen molar-refractivity contribution in [3.05, 3.63) is 24.0 Å². The summed E-state index contributed by atoms with van der Waals surface area (Å²) in [7, 11) is 1.99. The molecule has 0 aliphatic rings. The molecule has 4 nitrogen and oxygen atoms in total. The zero-order valence-electron chi connectivity index (χ0n) is 12.9. The van der Waals surface area contributed by atoms with E-state index in [1.165, 1.54) is 0 Å². The first kappa shape index (κ1) is 15.9. The molecule has 0 bridgehead atoms. The molecule has 19 heavy (non-hydrogen) atoms. The lowest BCUT2D eigenvalue weighted by molar-refractivity contribution is 0.0729. The van der Waals surface area contributed by atoms with Crippen molar-refractivity contribution in [2.24, 2.45) is 0 Å². The van der Waals surface area contributed by atoms with Gasteiger partial charge in [0.2, 0.25) is 0 Å². The van der Waals surface area contributed by atoms with Crippen LogP contribution in [0.1, 0.15) is 45.7 Å². The standard InChI is InChI=1S/C15H28N4/c1-6-15(4,19(7-2)8-3)14(17-5)12-11-18-10-9-13(12)16/h9-11,14,17H,6-8H2,1-5H3,(H2,16,18). The number of nitrogens with two attached hydrogens (primary N) is 1. The molecule has 1 rings (SSSR count). The summed E-state index contributed by atoms with van der Waals surface area (Å²) < 4.78 is 0. The van der Waals surface area contributed by atoms with Gasteiger partial charge in [0.1, 0.15) is 0 Å². The fourth-order valence-electron chi connectivity index (χ4n) is 3.02. The predicted molar refractivity (Wildman–Crippen MR) is 82.1 cm³/mol. The molecule has 0 aliphatic carbocycles. The average Bonchev–Trinajstić information content (AvgIpc) is 2.43. The smallest absolute Gasteiger partial charge is 0.0537 e. The van der Waals surface area contributed by atoms with Crippen LogP contribution in [0.15, 0.2) is 18.5 Å². The number of aromatic nitrogens is 1. The summed E-state index contributed by atoms with van der Waals surface area (Å²) in [5.74, 6) is 0. The van der Waals surface area contributed by atoms with Crippen LogP contribution in [-0.2, 0) is 0 Å². The minimum Gasteiger partial charge on any atom is -0.398 e. The minimum atomic E-state index is 0.0232. The van der Waals surface area contributed by atoms with Gasteiger partial charge in [-0.2, -0.15) is 0 Å². The quantitative estimate of drug-likeness (QED) is 0.794. The Hall–Kier alpha value is -1.13. The van der Waals surface area contributed by atoms with Crippen LogP contribution in [0.2, 0.25) is 0 Å². The van der Waals surface area contributed by atoms with E-state index in [0.717, 1.165) is 30.8 Å². The second-order valence-corrected chi connectivity index (χ2v) is 5.11. The number of rotatable bonds is 7. The summed E-state index contributed by atoms with van der Waals surface area (Å²) in [6.45, 7) is 11.0. The van der Waals surface area contributed by atoms with E-state index in [9.17, 15) is 0 Å². The summed E-state index contributed by atoms with van der Waals surface area (Å²) in [5, 5.41) is 3.44. The average molecular weight is 264 g/mol. The number of nitrogens with one attached hydrogen (secondary N) is 1. The molecule has 3 N–H and O–H groups in total. The molecule has 1 aromatic heterocycles. The van der Waals surface area contributed by atoms with Crippen molar-refractivity contribution < 1.29 is 0 Å². The number of pyridine rings is 1. The van der Waals surface area contributed by atoms with Gasteiger partial charge in [0.15, 0.2) is 0 Å². The SMILES string of the molecule is CCN(CC)C(C)(CC)C(NC)c1cnccc1N. The number of nitrogen functional groups attached to an aromatic ring is 1. The lowest BCUT2D eigenvalue weighted by Crippen LogP contribution is -2.53. The fourth-order valence-corrected chi connectivity index (χ4v) is 3.02. The van der Waals surface area contributed by atoms with Crippen molar-refractivity contribution in [2.45, 2.75) is 45.7 Å². The van der Waals surface area contributed by atoms with Crippen molar-refractivity contribution >= 4 is 5.69 Å². The van der Waals surface area contributed by atoms with Gasteiger partial charge in [0, 0.05) is 29.2 Å². The van der Waals surface area contributed by atoms with Crippen molar-refractivity contribution in [2.75, 3.05) is 25.9 Å². The molecular weight excluding hydrogens is 236 g/mol. The highest BCUT2D eigenvalue weighted by atomic mass is 15.2. The normalized spacial score (nSPS) is 16.3. The van der Waals surface area contributed by atoms with Crippen molar-refractivity contribution in [1.82, 2.24) is 15.2 Å². The molecule has 0 fully saturated rings. The van der Waals surface area contributed by atoms with Crippen molar-refractivity contribution in [1.29, 1.82) is 0 Å². The number of likely N-dealkylation sites (N-methyl/N-ethyl adjacent to an activating group) is 2. The lowest BCUT2D eigenvalue weighted by Gasteiger charge is -2.46. The van der Waals surface area contributed by atoms with Crippen LogP contribution in [0.25, 0.3) is 0 Å². The van der Waals surface area contributed by atoms with Gasteiger partial charge in [-0.05, 0) is 39.5 Å². The highest BCUT2D eigenvalue weighted by Gasteiger charge is 2.37. The van der Waals surface area contributed by atoms with Gasteiger partial charge < -0.3 is 11.1 Å². The monoisotopic (exact) mass is 264 g/mol. The zero-order chi connectivity index (χ0) is 14.5. The fraction of sp³-hybridized carbons (Fsp3) is 0.667. The summed E-state index contributed by atoms with van der Waals surface area (Å²) >= 11 is 0. The Bertz CT molecular complexity index is 389. The van der Waals surface area contributed by atoms with Crippen LogP contribution in [0.5, 0.6) is 0 Å². The molecule has 2 atom stereocenters. The van der Waals surface area contributed by atoms with E-state index in [-0.39, 0.29) is 11.6 Å². The van der Waals surface area contributed by atoms with E-state index in [1.807, 2.05) is 19.3 Å². The van der Waals surface area contributed by atoms with Gasteiger partial charge in [0.05, 0.1) is 6.04 Å². The maximum absolute atomic E-state index is 6.13. The molecule has 0 saturated carbocycles. The lowest BCUT2D eigenvalue weighted by atomic mass is 9.83. The molecular formula is C15H28N4. The van der Waals surface area contributed by atoms with Crippen LogP contribution in [-0.4, -0.2) is 35.6 Å². The van der Waals surface area contributed by atoms with Crippen molar-refractivity contribution in [3.8, 4) is 0 Å². The van der Waals surface area contributed by atoms with Crippen LogP contribution >= 0.6 is 0 Å². The molecule has 4 heteroatoms. The molecule has 0 amide bonds. The maximum Gasteiger partial charge on any atom is 0.0537 e. The Labute approximate surface area is 117 Å². The molecule has 2 unspecified atom stereocenters. The molecule has 0 aliphatic heterocycles. The molecule has 0 spiro atoms. The van der Waals surface area contributed by atoms with E-state index in [2.05, 4.69) is 42.9 Å². The Balaban J connectivity index is 3.22. The van der Waals surface area contributed by atoms with Gasteiger partial charge in [-0.3, -0.25) is 9.88 Å². The van der Waals surface area contributed by atoms with Crippen LogP contribution in [0, 0.1) is 0 Å². The highest BCUT2D eigenvalue weighted by molar-refractivity contribution is 5.47. The van der Waals surface area contributed by atoms with Gasteiger partial charge in [-0.15, -0.1) is 0 Å². The highest BCUT2D eigenvalue weighted by Crippen LogP contribution is 2.35. The Morgan fingerprint density at radius 2 is 2.00 bits per heavy atom. The second kappa shape index (κ2) is 6.87. The van der Waals surface area contributed by atoms with Gasteiger partial charge >= 0.3 is 0 Å². The Kier molecular flexibility index (Phi) is 5.76. The third kappa shape index (κ3) is 3.07. The summed E-state index contributed by atoms with van der Waals surface area (Å²) in [6, 6.07) is 2.05. The van der Waals surface area contributed by atoms with E-state index >= 15 is 0 Å². The van der Waals surface area contributed by atoms with Gasteiger partial charge in [-0.1, -0.05) is 20.8 Å². The van der Waals surface area contributed by atoms with Crippen molar-refractivity contribution in [3.63, 3.8) is 0 Å². The third-order valence-electron chi connectivity index (χ3n) is 4.31.